The minimum atomic E-state index is -0.225. The predicted octanol–water partition coefficient (Wildman–Crippen LogP) is 4.78. The third-order valence-corrected chi connectivity index (χ3v) is 6.08. The lowest BCUT2D eigenvalue weighted by atomic mass is 10.1. The number of fused-ring (bicyclic) bond motifs is 2. The molecule has 0 saturated heterocycles. The summed E-state index contributed by atoms with van der Waals surface area (Å²) < 4.78 is 15.5. The minimum Gasteiger partial charge on any atom is -0.303 e. The van der Waals surface area contributed by atoms with Gasteiger partial charge in [0.1, 0.15) is 11.6 Å². The van der Waals surface area contributed by atoms with Crippen molar-refractivity contribution in [3.05, 3.63) is 95.7 Å². The van der Waals surface area contributed by atoms with Gasteiger partial charge in [0.25, 0.3) is 0 Å². The lowest BCUT2D eigenvalue weighted by Crippen LogP contribution is -2.34. The Kier molecular flexibility index (Phi) is 4.64. The molecule has 29 heavy (non-hydrogen) atoms. The molecule has 0 aliphatic heterocycles. The summed E-state index contributed by atoms with van der Waals surface area (Å²) in [4.78, 5) is 7.40. The number of rotatable bonds is 5. The number of aromatic nitrogens is 2. The van der Waals surface area contributed by atoms with Gasteiger partial charge in [-0.3, -0.25) is 0 Å². The van der Waals surface area contributed by atoms with Crippen LogP contribution in [-0.4, -0.2) is 33.9 Å². The summed E-state index contributed by atoms with van der Waals surface area (Å²) in [6, 6.07) is 22.0. The minimum absolute atomic E-state index is 0.225. The number of imidazole rings is 1. The van der Waals surface area contributed by atoms with Crippen molar-refractivity contribution in [1.29, 1.82) is 0 Å². The summed E-state index contributed by atoms with van der Waals surface area (Å²) in [6.07, 6.45) is 5.18. The van der Waals surface area contributed by atoms with E-state index < -0.39 is 0 Å². The molecule has 1 aliphatic rings. The average molecular weight is 385 g/mol. The van der Waals surface area contributed by atoms with E-state index in [1.807, 2.05) is 12.1 Å². The van der Waals surface area contributed by atoms with Crippen LogP contribution >= 0.6 is 0 Å². The maximum Gasteiger partial charge on any atom is 0.123 e. The van der Waals surface area contributed by atoms with Crippen molar-refractivity contribution in [2.75, 3.05) is 13.6 Å². The molecule has 146 valence electrons. The fourth-order valence-corrected chi connectivity index (χ4v) is 4.40. The fourth-order valence-electron chi connectivity index (χ4n) is 4.40. The van der Waals surface area contributed by atoms with Gasteiger partial charge in [0, 0.05) is 30.8 Å². The van der Waals surface area contributed by atoms with Crippen molar-refractivity contribution in [3.63, 3.8) is 0 Å². The third kappa shape index (κ3) is 3.45. The van der Waals surface area contributed by atoms with Crippen molar-refractivity contribution in [2.24, 2.45) is 0 Å². The number of hydrogen-bond donors (Lipinski definition) is 0. The van der Waals surface area contributed by atoms with E-state index in [4.69, 9.17) is 4.98 Å². The maximum absolute atomic E-state index is 13.3. The van der Waals surface area contributed by atoms with Crippen LogP contribution in [0.4, 0.5) is 4.39 Å². The van der Waals surface area contributed by atoms with Crippen molar-refractivity contribution in [1.82, 2.24) is 14.3 Å². The Morgan fingerprint density at radius 3 is 2.38 bits per heavy atom. The molecule has 0 atom stereocenters. The number of hydrogen-bond acceptors (Lipinski definition) is 2. The molecular formula is C25H24FN3. The molecule has 4 heteroatoms. The largest absolute Gasteiger partial charge is 0.303 e. The molecule has 1 aliphatic carbocycles. The van der Waals surface area contributed by atoms with E-state index >= 15 is 0 Å². The molecule has 5 rings (SSSR count). The molecule has 4 aromatic rings. The lowest BCUT2D eigenvalue weighted by molar-refractivity contribution is 0.250. The van der Waals surface area contributed by atoms with Gasteiger partial charge in [0.2, 0.25) is 0 Å². The average Bonchev–Trinajstić information content (AvgIpc) is 3.35. The van der Waals surface area contributed by atoms with E-state index in [1.54, 1.807) is 12.1 Å². The smallest absolute Gasteiger partial charge is 0.123 e. The Balaban J connectivity index is 1.36. The van der Waals surface area contributed by atoms with Gasteiger partial charge in [-0.15, -0.1) is 0 Å². The predicted molar refractivity (Wildman–Crippen MR) is 115 cm³/mol. The van der Waals surface area contributed by atoms with Gasteiger partial charge in [-0.2, -0.15) is 0 Å². The highest BCUT2D eigenvalue weighted by Gasteiger charge is 2.24. The Morgan fingerprint density at radius 1 is 0.966 bits per heavy atom. The lowest BCUT2D eigenvalue weighted by Gasteiger charge is -2.23. The molecule has 2 heterocycles. The molecular weight excluding hydrogens is 361 g/mol. The van der Waals surface area contributed by atoms with Crippen LogP contribution in [0.3, 0.4) is 0 Å². The maximum atomic E-state index is 13.3. The number of nitrogens with zero attached hydrogens (tertiary/aromatic N) is 3. The Hall–Kier alpha value is -2.98. The Labute approximate surface area is 170 Å². The van der Waals surface area contributed by atoms with Crippen LogP contribution in [0.2, 0.25) is 0 Å². The molecule has 0 fully saturated rings. The van der Waals surface area contributed by atoms with Crippen LogP contribution in [-0.2, 0) is 19.3 Å². The summed E-state index contributed by atoms with van der Waals surface area (Å²) in [5, 5.41) is 0. The van der Waals surface area contributed by atoms with E-state index in [1.165, 1.54) is 23.3 Å². The highest BCUT2D eigenvalue weighted by molar-refractivity contribution is 5.77. The summed E-state index contributed by atoms with van der Waals surface area (Å²) in [5.41, 5.74) is 5.88. The molecule has 0 saturated carbocycles. The molecule has 0 radical (unpaired) electrons. The van der Waals surface area contributed by atoms with E-state index in [0.717, 1.165) is 48.4 Å². The summed E-state index contributed by atoms with van der Waals surface area (Å²) in [6.45, 7) is 0.954. The van der Waals surface area contributed by atoms with Gasteiger partial charge >= 0.3 is 0 Å². The van der Waals surface area contributed by atoms with Crippen LogP contribution in [0, 0.1) is 5.82 Å². The van der Waals surface area contributed by atoms with Gasteiger partial charge in [-0.25, -0.2) is 9.37 Å². The third-order valence-electron chi connectivity index (χ3n) is 6.08. The van der Waals surface area contributed by atoms with Crippen LogP contribution in [0.5, 0.6) is 0 Å². The Bertz CT molecular complexity index is 1120. The first kappa shape index (κ1) is 18.1. The number of likely N-dealkylation sites (N-methyl/N-ethyl adjacent to an activating group) is 1. The van der Waals surface area contributed by atoms with Gasteiger partial charge in [-0.1, -0.05) is 30.3 Å². The first-order valence-corrected chi connectivity index (χ1v) is 10.2. The SMILES string of the molecule is CN(CCc1nc(-c2ccc(F)cc2)c2ccccn12)C1Cc2ccccc2C1. The topological polar surface area (TPSA) is 20.5 Å². The van der Waals surface area contributed by atoms with Crippen molar-refractivity contribution in [3.8, 4) is 11.3 Å². The number of halogens is 1. The van der Waals surface area contributed by atoms with Crippen LogP contribution < -0.4 is 0 Å². The number of pyridine rings is 1. The standard InChI is InChI=1S/C25H24FN3/c1-28(22-16-19-6-2-3-7-20(19)17-22)15-13-24-27-25(18-9-11-21(26)12-10-18)23-8-4-5-14-29(23)24/h2-12,14,22H,13,15-17H2,1H3. The van der Waals surface area contributed by atoms with E-state index in [9.17, 15) is 4.39 Å². The first-order chi connectivity index (χ1) is 14.2. The van der Waals surface area contributed by atoms with Gasteiger partial charge in [0.15, 0.2) is 0 Å². The summed E-state index contributed by atoms with van der Waals surface area (Å²) >= 11 is 0. The molecule has 0 bridgehead atoms. The van der Waals surface area contributed by atoms with Crippen LogP contribution in [0.25, 0.3) is 16.8 Å². The van der Waals surface area contributed by atoms with E-state index in [-0.39, 0.29) is 5.82 Å². The molecule has 0 spiro atoms. The zero-order chi connectivity index (χ0) is 19.8. The van der Waals surface area contributed by atoms with E-state index in [0.29, 0.717) is 6.04 Å². The van der Waals surface area contributed by atoms with Crippen molar-refractivity contribution >= 4 is 5.52 Å². The Morgan fingerprint density at radius 2 is 1.66 bits per heavy atom. The summed E-state index contributed by atoms with van der Waals surface area (Å²) in [5.74, 6) is 0.818. The fraction of sp³-hybridized carbons (Fsp3) is 0.240. The first-order valence-electron chi connectivity index (χ1n) is 10.2. The zero-order valence-electron chi connectivity index (χ0n) is 16.6. The molecule has 0 N–H and O–H groups in total. The molecule has 0 unspecified atom stereocenters. The van der Waals surface area contributed by atoms with Gasteiger partial charge in [0.05, 0.1) is 11.2 Å². The highest BCUT2D eigenvalue weighted by Crippen LogP contribution is 2.27. The monoisotopic (exact) mass is 385 g/mol. The molecule has 2 aromatic carbocycles. The van der Waals surface area contributed by atoms with Crippen LogP contribution in [0.1, 0.15) is 17.0 Å². The molecule has 3 nitrogen and oxygen atoms in total. The highest BCUT2D eigenvalue weighted by atomic mass is 19.1. The second-order valence-corrected chi connectivity index (χ2v) is 7.90. The summed E-state index contributed by atoms with van der Waals surface area (Å²) in [7, 11) is 2.22. The van der Waals surface area contributed by atoms with Crippen molar-refractivity contribution < 1.29 is 4.39 Å². The van der Waals surface area contributed by atoms with Crippen molar-refractivity contribution in [2.45, 2.75) is 25.3 Å². The van der Waals surface area contributed by atoms with Gasteiger partial charge in [-0.05, 0) is 67.4 Å². The zero-order valence-corrected chi connectivity index (χ0v) is 16.6. The van der Waals surface area contributed by atoms with E-state index in [2.05, 4.69) is 52.9 Å². The quantitative estimate of drug-likeness (QED) is 0.493. The second kappa shape index (κ2) is 7.45. The van der Waals surface area contributed by atoms with Crippen LogP contribution in [0.15, 0.2) is 72.9 Å². The molecule has 2 aromatic heterocycles. The number of benzene rings is 2. The molecule has 0 amide bonds. The normalized spacial score (nSPS) is 14.0. The second-order valence-electron chi connectivity index (χ2n) is 7.90. The van der Waals surface area contributed by atoms with Gasteiger partial charge < -0.3 is 9.30 Å².